The Kier molecular flexibility index (Phi) is 3.70. The normalized spacial score (nSPS) is 15.2. The first kappa shape index (κ1) is 13.8. The second-order valence-corrected chi connectivity index (χ2v) is 5.15. The first-order valence-electron chi connectivity index (χ1n) is 7.05. The molecule has 1 fully saturated rings. The Hall–Kier alpha value is -2.21. The number of hydrogen-bond acceptors (Lipinski definition) is 6. The Morgan fingerprint density at radius 2 is 1.90 bits per heavy atom. The van der Waals surface area contributed by atoms with E-state index in [0.29, 0.717) is 11.6 Å². The third-order valence-corrected chi connectivity index (χ3v) is 3.72. The minimum absolute atomic E-state index is 0.496. The quantitative estimate of drug-likeness (QED) is 0.902. The molecular weight excluding hydrogens is 266 g/mol. The molecular formula is C15H19N5O. The van der Waals surface area contributed by atoms with E-state index in [9.17, 15) is 0 Å². The van der Waals surface area contributed by atoms with Gasteiger partial charge in [-0.15, -0.1) is 0 Å². The van der Waals surface area contributed by atoms with Crippen LogP contribution in [0.4, 0.5) is 11.6 Å². The Balaban J connectivity index is 2.02. The van der Waals surface area contributed by atoms with Gasteiger partial charge >= 0.3 is 0 Å². The van der Waals surface area contributed by atoms with Gasteiger partial charge in [0.2, 0.25) is 0 Å². The largest absolute Gasteiger partial charge is 0.384 e. The number of ether oxygens (including phenoxy) is 1. The highest BCUT2D eigenvalue weighted by molar-refractivity contribution is 5.60. The smallest absolute Gasteiger partial charge is 0.163 e. The maximum atomic E-state index is 5.63. The maximum absolute atomic E-state index is 5.63. The van der Waals surface area contributed by atoms with Crippen molar-refractivity contribution in [3.05, 3.63) is 29.6 Å². The summed E-state index contributed by atoms with van der Waals surface area (Å²) in [6.45, 7) is 7.26. The van der Waals surface area contributed by atoms with E-state index in [-0.39, 0.29) is 0 Å². The summed E-state index contributed by atoms with van der Waals surface area (Å²) in [5.41, 5.74) is 8.61. The number of hydrogen-bond donors (Lipinski definition) is 1. The van der Waals surface area contributed by atoms with Crippen LogP contribution < -0.4 is 10.6 Å². The van der Waals surface area contributed by atoms with Crippen molar-refractivity contribution >= 4 is 11.6 Å². The molecule has 6 heteroatoms. The first-order chi connectivity index (χ1) is 10.1. The zero-order valence-electron chi connectivity index (χ0n) is 12.3. The molecule has 110 valence electrons. The molecule has 2 aromatic heterocycles. The summed E-state index contributed by atoms with van der Waals surface area (Å²) in [7, 11) is 0. The molecule has 0 aromatic carbocycles. The molecule has 0 saturated carbocycles. The van der Waals surface area contributed by atoms with Crippen molar-refractivity contribution in [2.45, 2.75) is 13.8 Å². The van der Waals surface area contributed by atoms with E-state index in [4.69, 9.17) is 15.5 Å². The monoisotopic (exact) mass is 285 g/mol. The van der Waals surface area contributed by atoms with E-state index in [1.807, 2.05) is 13.0 Å². The van der Waals surface area contributed by atoms with Gasteiger partial charge in [-0.25, -0.2) is 15.0 Å². The second-order valence-electron chi connectivity index (χ2n) is 5.15. The van der Waals surface area contributed by atoms with Gasteiger partial charge in [-0.2, -0.15) is 0 Å². The fourth-order valence-electron chi connectivity index (χ4n) is 2.36. The SMILES string of the molecule is Cc1nc(-c2ccc(N)nc2)nc(N2CCOCC2)c1C. The number of nitrogen functional groups attached to an aromatic ring is 1. The summed E-state index contributed by atoms with van der Waals surface area (Å²) < 4.78 is 5.41. The lowest BCUT2D eigenvalue weighted by molar-refractivity contribution is 0.122. The number of nitrogens with zero attached hydrogens (tertiary/aromatic N) is 4. The summed E-state index contributed by atoms with van der Waals surface area (Å²) in [6.07, 6.45) is 1.71. The van der Waals surface area contributed by atoms with E-state index < -0.39 is 0 Å². The average Bonchev–Trinajstić information content (AvgIpc) is 2.51. The molecule has 3 heterocycles. The Labute approximate surface area is 124 Å². The highest BCUT2D eigenvalue weighted by atomic mass is 16.5. The zero-order chi connectivity index (χ0) is 14.8. The van der Waals surface area contributed by atoms with Crippen molar-refractivity contribution in [1.29, 1.82) is 0 Å². The molecule has 0 aliphatic carbocycles. The molecule has 0 radical (unpaired) electrons. The van der Waals surface area contributed by atoms with Crippen LogP contribution in [0.3, 0.4) is 0 Å². The Morgan fingerprint density at radius 3 is 2.57 bits per heavy atom. The molecule has 0 atom stereocenters. The molecule has 0 spiro atoms. The lowest BCUT2D eigenvalue weighted by Gasteiger charge is -2.29. The number of anilines is 2. The predicted octanol–water partition coefficient (Wildman–Crippen LogP) is 1.57. The van der Waals surface area contributed by atoms with Crippen LogP contribution in [-0.4, -0.2) is 41.3 Å². The lowest BCUT2D eigenvalue weighted by atomic mass is 10.2. The van der Waals surface area contributed by atoms with Gasteiger partial charge in [-0.1, -0.05) is 0 Å². The third kappa shape index (κ3) is 2.80. The van der Waals surface area contributed by atoms with Crippen molar-refractivity contribution < 1.29 is 4.74 Å². The molecule has 6 nitrogen and oxygen atoms in total. The molecule has 0 bridgehead atoms. The van der Waals surface area contributed by atoms with Crippen LogP contribution in [0.1, 0.15) is 11.3 Å². The van der Waals surface area contributed by atoms with Crippen LogP contribution in [-0.2, 0) is 4.74 Å². The fraction of sp³-hybridized carbons (Fsp3) is 0.400. The lowest BCUT2D eigenvalue weighted by Crippen LogP contribution is -2.37. The zero-order valence-corrected chi connectivity index (χ0v) is 12.3. The minimum Gasteiger partial charge on any atom is -0.384 e. The predicted molar refractivity (Wildman–Crippen MR) is 82.2 cm³/mol. The molecule has 21 heavy (non-hydrogen) atoms. The number of morpholine rings is 1. The Bertz CT molecular complexity index is 635. The molecule has 1 aliphatic heterocycles. The van der Waals surface area contributed by atoms with Gasteiger partial charge in [0.05, 0.1) is 13.2 Å². The first-order valence-corrected chi connectivity index (χ1v) is 7.05. The van der Waals surface area contributed by atoms with Gasteiger partial charge in [0.1, 0.15) is 11.6 Å². The summed E-state index contributed by atoms with van der Waals surface area (Å²) in [5.74, 6) is 2.17. The molecule has 0 unspecified atom stereocenters. The fourth-order valence-corrected chi connectivity index (χ4v) is 2.36. The summed E-state index contributed by atoms with van der Waals surface area (Å²) in [6, 6.07) is 3.66. The minimum atomic E-state index is 0.496. The Morgan fingerprint density at radius 1 is 1.14 bits per heavy atom. The van der Waals surface area contributed by atoms with Crippen LogP contribution in [0.5, 0.6) is 0 Å². The average molecular weight is 285 g/mol. The van der Waals surface area contributed by atoms with Crippen molar-refractivity contribution in [1.82, 2.24) is 15.0 Å². The van der Waals surface area contributed by atoms with Crippen molar-refractivity contribution in [2.24, 2.45) is 0 Å². The van der Waals surface area contributed by atoms with Crippen molar-refractivity contribution in [3.8, 4) is 11.4 Å². The van der Waals surface area contributed by atoms with E-state index in [1.165, 1.54) is 0 Å². The van der Waals surface area contributed by atoms with Crippen LogP contribution in [0.25, 0.3) is 11.4 Å². The molecule has 2 N–H and O–H groups in total. The summed E-state index contributed by atoms with van der Waals surface area (Å²) in [5, 5.41) is 0. The molecule has 0 amide bonds. The van der Waals surface area contributed by atoms with Crippen LogP contribution in [0.15, 0.2) is 18.3 Å². The third-order valence-electron chi connectivity index (χ3n) is 3.72. The van der Waals surface area contributed by atoms with Crippen LogP contribution in [0.2, 0.25) is 0 Å². The number of rotatable bonds is 2. The van der Waals surface area contributed by atoms with Crippen molar-refractivity contribution in [2.75, 3.05) is 36.9 Å². The molecule has 2 aromatic rings. The number of pyridine rings is 1. The summed E-state index contributed by atoms with van der Waals surface area (Å²) in [4.78, 5) is 15.7. The molecule has 3 rings (SSSR count). The van der Waals surface area contributed by atoms with Crippen LogP contribution >= 0.6 is 0 Å². The van der Waals surface area contributed by atoms with Gasteiger partial charge in [0, 0.05) is 36.1 Å². The van der Waals surface area contributed by atoms with E-state index in [2.05, 4.69) is 21.8 Å². The summed E-state index contributed by atoms with van der Waals surface area (Å²) >= 11 is 0. The van der Waals surface area contributed by atoms with Gasteiger partial charge in [0.15, 0.2) is 5.82 Å². The van der Waals surface area contributed by atoms with Gasteiger partial charge in [0.25, 0.3) is 0 Å². The van der Waals surface area contributed by atoms with E-state index in [0.717, 1.165) is 48.9 Å². The van der Waals surface area contributed by atoms with E-state index in [1.54, 1.807) is 12.3 Å². The topological polar surface area (TPSA) is 77.2 Å². The standard InChI is InChI=1S/C15H19N5O/c1-10-11(2)18-14(12-3-4-13(16)17-9-12)19-15(10)20-5-7-21-8-6-20/h3-4,9H,5-8H2,1-2H3,(H2,16,17). The van der Waals surface area contributed by atoms with Crippen LogP contribution in [0, 0.1) is 13.8 Å². The number of nitrogens with two attached hydrogens (primary N) is 1. The molecule has 1 saturated heterocycles. The second kappa shape index (κ2) is 5.65. The van der Waals surface area contributed by atoms with Gasteiger partial charge < -0.3 is 15.4 Å². The number of aromatic nitrogens is 3. The highest BCUT2D eigenvalue weighted by Gasteiger charge is 2.18. The van der Waals surface area contributed by atoms with Gasteiger partial charge in [-0.3, -0.25) is 0 Å². The van der Waals surface area contributed by atoms with Crippen molar-refractivity contribution in [3.63, 3.8) is 0 Å². The highest BCUT2D eigenvalue weighted by Crippen LogP contribution is 2.25. The van der Waals surface area contributed by atoms with E-state index >= 15 is 0 Å². The molecule has 1 aliphatic rings. The van der Waals surface area contributed by atoms with Gasteiger partial charge in [-0.05, 0) is 26.0 Å². The number of aryl methyl sites for hydroxylation is 1. The maximum Gasteiger partial charge on any atom is 0.163 e.